The molecular formula is C46H42N2O10. The highest BCUT2D eigenvalue weighted by Crippen LogP contribution is 2.49. The Kier molecular flexibility index (Phi) is 9.14. The average Bonchev–Trinajstić information content (AvgIpc) is 3.98. The monoisotopic (exact) mass is 782 g/mol. The molecule has 1 saturated carbocycles. The highest BCUT2D eigenvalue weighted by molar-refractivity contribution is 6.11. The van der Waals surface area contributed by atoms with E-state index >= 15 is 0 Å². The number of aromatic amines is 1. The summed E-state index contributed by atoms with van der Waals surface area (Å²) < 4.78 is 31.5. The number of benzene rings is 4. The number of rotatable bonds is 3. The predicted molar refractivity (Wildman–Crippen MR) is 213 cm³/mol. The minimum Gasteiger partial charge on any atom is -0.506 e. The molecule has 1 aliphatic carbocycles. The normalized spacial score (nSPS) is 25.7. The van der Waals surface area contributed by atoms with Crippen molar-refractivity contribution in [3.05, 3.63) is 106 Å². The maximum Gasteiger partial charge on any atom is 0.254 e. The van der Waals surface area contributed by atoms with Crippen molar-refractivity contribution in [3.8, 4) is 29.3 Å². The number of H-pyrrole nitrogens is 1. The maximum atomic E-state index is 14.7. The van der Waals surface area contributed by atoms with Crippen molar-refractivity contribution in [3.63, 3.8) is 0 Å². The fraction of sp³-hybridized carbons (Fsp3) is 0.348. The average molecular weight is 783 g/mol. The van der Waals surface area contributed by atoms with Crippen LogP contribution in [0.15, 0.2) is 66.9 Å². The molecule has 0 spiro atoms. The lowest BCUT2D eigenvalue weighted by Crippen LogP contribution is -2.60. The molecule has 1 saturated heterocycles. The lowest BCUT2D eigenvalue weighted by molar-refractivity contribution is -0.279. The minimum absolute atomic E-state index is 0.00513. The third-order valence-corrected chi connectivity index (χ3v) is 12.4. The number of phenolic OH excluding ortho intramolecular Hbond substituents is 1. The van der Waals surface area contributed by atoms with Gasteiger partial charge in [-0.25, -0.2) is 0 Å². The topological polar surface area (TPSA) is 160 Å². The zero-order valence-corrected chi connectivity index (χ0v) is 31.8. The van der Waals surface area contributed by atoms with Gasteiger partial charge in [0.2, 0.25) is 6.29 Å². The second kappa shape index (κ2) is 14.5. The number of hydrogen-bond donors (Lipinski definition) is 4. The summed E-state index contributed by atoms with van der Waals surface area (Å²) in [4.78, 5) is 33.3. The number of aliphatic hydroxyl groups is 2. The molecule has 4 aromatic carbocycles. The van der Waals surface area contributed by atoms with Crippen molar-refractivity contribution >= 4 is 39.4 Å². The Hall–Kier alpha value is -5.84. The van der Waals surface area contributed by atoms with E-state index in [0.29, 0.717) is 27.8 Å². The van der Waals surface area contributed by atoms with Crippen molar-refractivity contribution in [1.29, 1.82) is 0 Å². The highest BCUT2D eigenvalue weighted by atomic mass is 16.7. The molecule has 4 aliphatic heterocycles. The third kappa shape index (κ3) is 6.00. The first kappa shape index (κ1) is 36.5. The van der Waals surface area contributed by atoms with Gasteiger partial charge in [-0.3, -0.25) is 9.59 Å². The molecule has 10 rings (SSSR count). The van der Waals surface area contributed by atoms with Gasteiger partial charge in [-0.15, -0.1) is 0 Å². The summed E-state index contributed by atoms with van der Waals surface area (Å²) in [6, 6.07) is 16.9. The van der Waals surface area contributed by atoms with E-state index < -0.39 is 42.6 Å². The van der Waals surface area contributed by atoms with Gasteiger partial charge >= 0.3 is 0 Å². The van der Waals surface area contributed by atoms with Crippen LogP contribution >= 0.6 is 0 Å². The van der Waals surface area contributed by atoms with Gasteiger partial charge in [0.05, 0.1) is 36.8 Å². The molecule has 58 heavy (non-hydrogen) atoms. The first-order chi connectivity index (χ1) is 28.3. The molecule has 6 atom stereocenters. The van der Waals surface area contributed by atoms with Gasteiger partial charge in [0.25, 0.3) is 5.91 Å². The summed E-state index contributed by atoms with van der Waals surface area (Å²) in [6.45, 7) is -0.182. The molecular weight excluding hydrogens is 741 g/mol. The molecule has 4 N–H and O–H groups in total. The summed E-state index contributed by atoms with van der Waals surface area (Å²) in [7, 11) is 1.53. The van der Waals surface area contributed by atoms with E-state index in [9.17, 15) is 24.9 Å². The van der Waals surface area contributed by atoms with Crippen LogP contribution in [0.2, 0.25) is 0 Å². The smallest absolute Gasteiger partial charge is 0.254 e. The van der Waals surface area contributed by atoms with Crippen molar-refractivity contribution in [1.82, 2.24) is 9.88 Å². The van der Waals surface area contributed by atoms with Crippen LogP contribution in [0.5, 0.6) is 17.2 Å². The van der Waals surface area contributed by atoms with Crippen LogP contribution < -0.4 is 9.47 Å². The number of amides is 1. The van der Waals surface area contributed by atoms with E-state index in [1.54, 1.807) is 24.3 Å². The van der Waals surface area contributed by atoms with Crippen LogP contribution in [0, 0.1) is 12.0 Å². The molecule has 8 bridgehead atoms. The van der Waals surface area contributed by atoms with Gasteiger partial charge in [0, 0.05) is 41.2 Å². The summed E-state index contributed by atoms with van der Waals surface area (Å²) in [5.74, 6) is 2.49. The number of phenols is 1. The Balaban J connectivity index is 1.21. The first-order valence-corrected chi connectivity index (χ1v) is 19.8. The first-order valence-electron chi connectivity index (χ1n) is 19.8. The number of carbonyl (C=O) groups excluding carboxylic acids is 2. The van der Waals surface area contributed by atoms with E-state index in [1.807, 2.05) is 48.7 Å². The standard InChI is InChI=1S/C46H42N2O10/c1-54-36-19-26-18-30(24-8-2-3-9-24)39-34(49)22-48-21-32-25(10-6-13-28(32)45(48)53)11-7-17-55-44-40(50)37-23-56-35(31-20-47-33-14-5-4-12-27(31)33)16-15-29(36)43(38(26)41(39)51)58-46(57-37)42(44)52/h4-6,10,12-16,18-20,24,35,37,40,42,44,46-47,50-52H,2-3,8-9,11,21-23H2,1H3. The molecule has 12 heteroatoms. The van der Waals surface area contributed by atoms with Gasteiger partial charge in [-0.1, -0.05) is 55.2 Å². The fourth-order valence-corrected chi connectivity index (χ4v) is 9.42. The van der Waals surface area contributed by atoms with E-state index in [1.165, 1.54) is 12.0 Å². The maximum absolute atomic E-state index is 14.7. The van der Waals surface area contributed by atoms with E-state index in [4.69, 9.17) is 23.7 Å². The molecule has 1 amide bonds. The van der Waals surface area contributed by atoms with Gasteiger partial charge < -0.3 is 48.9 Å². The van der Waals surface area contributed by atoms with Crippen molar-refractivity contribution < 1.29 is 48.6 Å². The number of para-hydroxylation sites is 1. The molecule has 5 heterocycles. The third-order valence-electron chi connectivity index (χ3n) is 12.4. The van der Waals surface area contributed by atoms with Gasteiger partial charge in [-0.05, 0) is 71.2 Å². The number of Topliss-reactive ketones (excluding diaryl/α,β-unsaturated/α-hetero) is 1. The van der Waals surface area contributed by atoms with Crippen LogP contribution in [0.1, 0.15) is 86.2 Å². The number of fused-ring (bicyclic) bond motifs is 5. The summed E-state index contributed by atoms with van der Waals surface area (Å²) in [5, 5.41) is 37.8. The van der Waals surface area contributed by atoms with Crippen LogP contribution in [0.3, 0.4) is 0 Å². The van der Waals surface area contributed by atoms with Crippen LogP contribution in [0.4, 0.5) is 0 Å². The molecule has 12 nitrogen and oxygen atoms in total. The zero-order valence-electron chi connectivity index (χ0n) is 31.8. The molecule has 5 aliphatic rings. The number of nitrogens with one attached hydrogen (secondary N) is 1. The molecule has 0 radical (unpaired) electrons. The Labute approximate surface area is 333 Å². The molecule has 5 aromatic rings. The zero-order chi connectivity index (χ0) is 39.7. The van der Waals surface area contributed by atoms with E-state index in [-0.39, 0.29) is 60.4 Å². The van der Waals surface area contributed by atoms with Crippen LogP contribution in [-0.2, 0) is 27.2 Å². The van der Waals surface area contributed by atoms with Crippen molar-refractivity contribution in [2.24, 2.45) is 0 Å². The fourth-order valence-electron chi connectivity index (χ4n) is 9.42. The summed E-state index contributed by atoms with van der Waals surface area (Å²) >= 11 is 0. The number of aromatic nitrogens is 1. The quantitative estimate of drug-likeness (QED) is 0.159. The van der Waals surface area contributed by atoms with Crippen molar-refractivity contribution in [2.45, 2.75) is 81.4 Å². The second-order valence-corrected chi connectivity index (χ2v) is 15.7. The number of ketones is 1. The summed E-state index contributed by atoms with van der Waals surface area (Å²) in [5.41, 5.74) is 4.99. The molecule has 6 unspecified atom stereocenters. The lowest BCUT2D eigenvalue weighted by atomic mass is 9.86. The number of nitrogens with zero attached hydrogens (tertiary/aromatic N) is 1. The van der Waals surface area contributed by atoms with E-state index in [0.717, 1.165) is 53.3 Å². The Bertz CT molecular complexity index is 2580. The number of aliphatic hydroxyl groups excluding tert-OH is 2. The Morgan fingerprint density at radius 2 is 1.83 bits per heavy atom. The SMILES string of the molecule is COc1cc2cc(C3CCCC3)c3c(O)c2c2c1C=CC(c1c[nH]c4ccccc14)OCC1OC(O2)C(O)C(OC#CCc2cccc4c2CN(CC3=O)C4=O)C1O. The largest absolute Gasteiger partial charge is 0.506 e. The molecule has 1 aromatic heterocycles. The lowest BCUT2D eigenvalue weighted by Gasteiger charge is -2.41. The van der Waals surface area contributed by atoms with Crippen LogP contribution in [0.25, 0.3) is 27.8 Å². The van der Waals surface area contributed by atoms with E-state index in [2.05, 4.69) is 17.0 Å². The summed E-state index contributed by atoms with van der Waals surface area (Å²) in [6.07, 6.45) is 4.53. The Morgan fingerprint density at radius 3 is 2.67 bits per heavy atom. The number of hydrogen-bond acceptors (Lipinski definition) is 10. The van der Waals surface area contributed by atoms with Crippen LogP contribution in [-0.4, -0.2) is 87.9 Å². The molecule has 2 fully saturated rings. The number of methoxy groups -OCH3 is 1. The van der Waals surface area contributed by atoms with Crippen molar-refractivity contribution in [2.75, 3.05) is 20.3 Å². The predicted octanol–water partition coefficient (Wildman–Crippen LogP) is 6.04. The minimum atomic E-state index is -1.57. The number of carbonyl (C=O) groups is 2. The molecule has 296 valence electrons. The Morgan fingerprint density at radius 1 is 0.983 bits per heavy atom. The van der Waals surface area contributed by atoms with Gasteiger partial charge in [0.1, 0.15) is 41.7 Å². The second-order valence-electron chi connectivity index (χ2n) is 15.7. The van der Waals surface area contributed by atoms with Gasteiger partial charge in [0.15, 0.2) is 18.0 Å². The number of ether oxygens (including phenoxy) is 5. The number of aromatic hydroxyl groups is 1. The van der Waals surface area contributed by atoms with Gasteiger partial charge in [-0.2, -0.15) is 0 Å². The highest BCUT2D eigenvalue weighted by Gasteiger charge is 2.48.